The number of morpholine rings is 1. The van der Waals surface area contributed by atoms with E-state index in [1.54, 1.807) is 9.69 Å². The third-order valence-corrected chi connectivity index (χ3v) is 5.99. The molecule has 2 N–H and O–H groups in total. The maximum Gasteiger partial charge on any atom is 0.312 e. The topological polar surface area (TPSA) is 96.8 Å². The largest absolute Gasteiger partial charge is 0.466 e. The van der Waals surface area contributed by atoms with E-state index in [0.29, 0.717) is 36.8 Å². The van der Waals surface area contributed by atoms with Gasteiger partial charge in [0.15, 0.2) is 0 Å². The van der Waals surface area contributed by atoms with Gasteiger partial charge in [0.05, 0.1) is 25.7 Å². The van der Waals surface area contributed by atoms with Gasteiger partial charge >= 0.3 is 5.97 Å². The highest BCUT2D eigenvalue weighted by atomic mass is 32.1. The number of carbonyl (C=O) groups excluding carboxylic acids is 1. The van der Waals surface area contributed by atoms with Gasteiger partial charge in [-0.25, -0.2) is 5.43 Å². The summed E-state index contributed by atoms with van der Waals surface area (Å²) in [6.45, 7) is 4.96. The third kappa shape index (κ3) is 3.42. The molecule has 154 valence electrons. The molecule has 1 spiro atoms. The smallest absolute Gasteiger partial charge is 0.312 e. The Morgan fingerprint density at radius 1 is 1.39 bits per heavy atom. The number of ether oxygens (including phenoxy) is 2. The number of nitrogens with zero attached hydrogens (tertiary/aromatic N) is 5. The average Bonchev–Trinajstić information content (AvgIpc) is 3.08. The van der Waals surface area contributed by atoms with E-state index in [1.165, 1.54) is 0 Å². The van der Waals surface area contributed by atoms with Crippen molar-refractivity contribution < 1.29 is 14.3 Å². The van der Waals surface area contributed by atoms with E-state index in [1.807, 2.05) is 14.0 Å². The highest BCUT2D eigenvalue weighted by Gasteiger charge is 2.49. The minimum Gasteiger partial charge on any atom is -0.466 e. The number of aromatic nitrogens is 3. The number of anilines is 2. The van der Waals surface area contributed by atoms with Gasteiger partial charge in [-0.05, 0) is 38.4 Å². The van der Waals surface area contributed by atoms with Crippen molar-refractivity contribution in [3.63, 3.8) is 0 Å². The summed E-state index contributed by atoms with van der Waals surface area (Å²) in [6.07, 6.45) is 3.46. The fraction of sp³-hybridized carbons (Fsp3) is 0.765. The number of nitrogens with one attached hydrogen (secondary N) is 2. The second kappa shape index (κ2) is 7.80. The molecule has 1 aromatic rings. The molecular weight excluding hydrogens is 382 g/mol. The van der Waals surface area contributed by atoms with Gasteiger partial charge in [0.2, 0.25) is 17.0 Å². The van der Waals surface area contributed by atoms with Gasteiger partial charge in [-0.15, -0.1) is 5.10 Å². The van der Waals surface area contributed by atoms with Crippen LogP contribution in [0.2, 0.25) is 0 Å². The summed E-state index contributed by atoms with van der Waals surface area (Å²) >= 11 is 5.62. The fourth-order valence-corrected chi connectivity index (χ4v) is 4.32. The Balaban J connectivity index is 1.69. The standard InChI is InChI=1S/C17H27N7O3S/c1-3-27-13(25)12-6-4-5-7-17(12)19-14-18-15(23-8-10-26-11-9-23)20-24(14)16(28)22(2)21-17/h12,21H,3-11H2,1-2H3,(H,18,19,20)/t12-,17-/m1/s1. The van der Waals surface area contributed by atoms with Crippen LogP contribution in [0.1, 0.15) is 32.6 Å². The predicted octanol–water partition coefficient (Wildman–Crippen LogP) is 0.559. The van der Waals surface area contributed by atoms with E-state index >= 15 is 0 Å². The monoisotopic (exact) mass is 409 g/mol. The first kappa shape index (κ1) is 19.3. The number of hydrazine groups is 1. The van der Waals surface area contributed by atoms with Crippen molar-refractivity contribution in [2.45, 2.75) is 38.3 Å². The summed E-state index contributed by atoms with van der Waals surface area (Å²) in [4.78, 5) is 19.5. The molecule has 3 heterocycles. The molecule has 2 aliphatic heterocycles. The highest BCUT2D eigenvalue weighted by Crippen LogP contribution is 2.37. The molecule has 11 heteroatoms. The number of rotatable bonds is 3. The van der Waals surface area contributed by atoms with E-state index in [4.69, 9.17) is 26.7 Å². The molecule has 28 heavy (non-hydrogen) atoms. The zero-order chi connectivity index (χ0) is 19.7. The highest BCUT2D eigenvalue weighted by molar-refractivity contribution is 7.80. The molecular formula is C17H27N7O3S. The van der Waals surface area contributed by atoms with Gasteiger partial charge in [0.25, 0.3) is 0 Å². The normalized spacial score (nSPS) is 27.9. The van der Waals surface area contributed by atoms with Crippen molar-refractivity contribution in [2.75, 3.05) is 50.2 Å². The van der Waals surface area contributed by atoms with Crippen molar-refractivity contribution in [3.05, 3.63) is 0 Å². The van der Waals surface area contributed by atoms with Gasteiger partial charge in [0, 0.05) is 20.1 Å². The van der Waals surface area contributed by atoms with Crippen LogP contribution in [0.4, 0.5) is 11.9 Å². The zero-order valence-electron chi connectivity index (χ0n) is 16.3. The molecule has 3 aliphatic rings. The van der Waals surface area contributed by atoms with Gasteiger partial charge in [-0.2, -0.15) is 9.67 Å². The van der Waals surface area contributed by atoms with E-state index in [2.05, 4.69) is 20.7 Å². The molecule has 1 aliphatic carbocycles. The first-order valence-corrected chi connectivity index (χ1v) is 10.3. The van der Waals surface area contributed by atoms with Crippen LogP contribution in [0.25, 0.3) is 0 Å². The van der Waals surface area contributed by atoms with Crippen molar-refractivity contribution >= 4 is 35.2 Å². The fourth-order valence-electron chi connectivity index (χ4n) is 4.15. The lowest BCUT2D eigenvalue weighted by Crippen LogP contribution is -2.64. The minimum absolute atomic E-state index is 0.206. The van der Waals surface area contributed by atoms with Crippen molar-refractivity contribution in [2.24, 2.45) is 5.92 Å². The van der Waals surface area contributed by atoms with Gasteiger partial charge < -0.3 is 19.7 Å². The number of fused-ring (bicyclic) bond motifs is 1. The first-order chi connectivity index (χ1) is 13.5. The van der Waals surface area contributed by atoms with Crippen LogP contribution in [0.15, 0.2) is 0 Å². The molecule has 2 fully saturated rings. The molecule has 0 radical (unpaired) electrons. The molecule has 4 rings (SSSR count). The Morgan fingerprint density at radius 3 is 2.93 bits per heavy atom. The van der Waals surface area contributed by atoms with E-state index in [0.717, 1.165) is 38.8 Å². The quantitative estimate of drug-likeness (QED) is 0.544. The Bertz CT molecular complexity index is 751. The molecule has 0 amide bonds. The van der Waals surface area contributed by atoms with Gasteiger partial charge in [0.1, 0.15) is 5.66 Å². The first-order valence-electron chi connectivity index (χ1n) is 9.84. The van der Waals surface area contributed by atoms with Crippen LogP contribution < -0.4 is 15.6 Å². The number of carbonyl (C=O) groups is 1. The summed E-state index contributed by atoms with van der Waals surface area (Å²) in [7, 11) is 1.84. The lowest BCUT2D eigenvalue weighted by atomic mass is 9.79. The van der Waals surface area contributed by atoms with E-state index in [-0.39, 0.29) is 11.9 Å². The van der Waals surface area contributed by atoms with E-state index in [9.17, 15) is 4.79 Å². The molecule has 0 aromatic carbocycles. The van der Waals surface area contributed by atoms with Crippen LogP contribution in [-0.2, 0) is 14.3 Å². The molecule has 10 nitrogen and oxygen atoms in total. The van der Waals surface area contributed by atoms with Gasteiger partial charge in [-0.1, -0.05) is 6.42 Å². The van der Waals surface area contributed by atoms with Crippen molar-refractivity contribution in [1.82, 2.24) is 25.2 Å². The predicted molar refractivity (Wildman–Crippen MR) is 107 cm³/mol. The molecule has 0 bridgehead atoms. The summed E-state index contributed by atoms with van der Waals surface area (Å²) in [6, 6.07) is 0. The number of hydrogen-bond donors (Lipinski definition) is 2. The maximum atomic E-state index is 12.7. The second-order valence-electron chi connectivity index (χ2n) is 7.35. The molecule has 0 unspecified atom stereocenters. The SMILES string of the molecule is CCOC(=O)[C@H]1CCCC[C@]12Nc1nc(N3CCOCC3)nn1C(=S)N(C)N2. The Morgan fingerprint density at radius 2 is 2.18 bits per heavy atom. The van der Waals surface area contributed by atoms with E-state index < -0.39 is 5.66 Å². The van der Waals surface area contributed by atoms with Crippen molar-refractivity contribution in [1.29, 1.82) is 0 Å². The van der Waals surface area contributed by atoms with Crippen LogP contribution in [0, 0.1) is 5.92 Å². The summed E-state index contributed by atoms with van der Waals surface area (Å²) < 4.78 is 12.4. The second-order valence-corrected chi connectivity index (χ2v) is 7.71. The summed E-state index contributed by atoms with van der Waals surface area (Å²) in [5.74, 6) is 0.603. The van der Waals surface area contributed by atoms with Crippen LogP contribution in [0.3, 0.4) is 0 Å². The molecule has 2 atom stereocenters. The number of hydrogen-bond acceptors (Lipinski definition) is 9. The maximum absolute atomic E-state index is 12.7. The lowest BCUT2D eigenvalue weighted by Gasteiger charge is -2.44. The van der Waals surface area contributed by atoms with Crippen LogP contribution in [-0.4, -0.2) is 76.5 Å². The Hall–Kier alpha value is -1.98. The third-order valence-electron chi connectivity index (χ3n) is 5.54. The zero-order valence-corrected chi connectivity index (χ0v) is 17.1. The van der Waals surface area contributed by atoms with Crippen LogP contribution in [0.5, 0.6) is 0 Å². The molecule has 1 saturated carbocycles. The summed E-state index contributed by atoms with van der Waals surface area (Å²) in [5, 5.41) is 10.3. The van der Waals surface area contributed by atoms with Gasteiger partial charge in [-0.3, -0.25) is 9.80 Å². The molecule has 1 saturated heterocycles. The molecule has 1 aromatic heterocycles. The minimum atomic E-state index is -0.715. The van der Waals surface area contributed by atoms with Crippen molar-refractivity contribution in [3.8, 4) is 0 Å². The lowest BCUT2D eigenvalue weighted by molar-refractivity contribution is -0.153. The Kier molecular flexibility index (Phi) is 5.39. The average molecular weight is 410 g/mol. The number of thiocarbonyl (C=S) groups is 1. The summed E-state index contributed by atoms with van der Waals surface area (Å²) in [5.41, 5.74) is 2.70. The Labute approximate surface area is 169 Å². The number of esters is 1. The van der Waals surface area contributed by atoms with Crippen LogP contribution >= 0.6 is 12.2 Å².